The van der Waals surface area contributed by atoms with Gasteiger partial charge in [-0.2, -0.15) is 0 Å². The quantitative estimate of drug-likeness (QED) is 0.331. The molecule has 0 spiro atoms. The predicted molar refractivity (Wildman–Crippen MR) is 130 cm³/mol. The molecule has 1 aromatic carbocycles. The molecule has 164 valence electrons. The van der Waals surface area contributed by atoms with Crippen molar-refractivity contribution in [1.82, 2.24) is 15.5 Å². The highest BCUT2D eigenvalue weighted by molar-refractivity contribution is 14.0. The maximum absolute atomic E-state index is 12.1. The highest BCUT2D eigenvalue weighted by atomic mass is 127. The molecule has 1 aliphatic rings. The summed E-state index contributed by atoms with van der Waals surface area (Å²) in [6.45, 7) is 13.1. The fourth-order valence-electron chi connectivity index (χ4n) is 3.23. The van der Waals surface area contributed by atoms with Crippen LogP contribution in [0.4, 0.5) is 0 Å². The molecule has 6 nitrogen and oxygen atoms in total. The maximum atomic E-state index is 12.1. The van der Waals surface area contributed by atoms with E-state index in [-0.39, 0.29) is 41.9 Å². The Hall–Kier alpha value is -1.51. The number of aliphatic imine (C=N–C) groups is 1. The summed E-state index contributed by atoms with van der Waals surface area (Å²) in [5, 5.41) is 6.83. The molecule has 1 unspecified atom stereocenters. The zero-order valence-corrected chi connectivity index (χ0v) is 20.7. The monoisotopic (exact) mass is 516 g/mol. The standard InChI is InChI=1S/C22H36N4O2.HI/c1-6-23-22(24-15-18(5)28-20-9-7-17(4)8-10-20)25-19-11-13-26(14-12-19)21(27)16(2)3;/h7-10,16,18-19H,6,11-15H2,1-5H3,(H2,23,24,25);1H. The first-order valence-electron chi connectivity index (χ1n) is 10.5. The van der Waals surface area contributed by atoms with E-state index >= 15 is 0 Å². The number of guanidine groups is 1. The van der Waals surface area contributed by atoms with Crippen molar-refractivity contribution in [2.24, 2.45) is 10.9 Å². The predicted octanol–water partition coefficient (Wildman–Crippen LogP) is 3.58. The number of hydrogen-bond donors (Lipinski definition) is 2. The van der Waals surface area contributed by atoms with Gasteiger partial charge >= 0.3 is 0 Å². The number of likely N-dealkylation sites (tertiary alicyclic amines) is 1. The first kappa shape index (κ1) is 25.5. The van der Waals surface area contributed by atoms with Gasteiger partial charge in [0.2, 0.25) is 5.91 Å². The Balaban J connectivity index is 0.00000420. The number of nitrogens with zero attached hydrogens (tertiary/aromatic N) is 2. The second-order valence-electron chi connectivity index (χ2n) is 7.86. The van der Waals surface area contributed by atoms with Crippen LogP contribution >= 0.6 is 24.0 Å². The largest absolute Gasteiger partial charge is 0.489 e. The molecule has 1 fully saturated rings. The van der Waals surface area contributed by atoms with Gasteiger partial charge < -0.3 is 20.3 Å². The number of aryl methyl sites for hydroxylation is 1. The van der Waals surface area contributed by atoms with E-state index in [1.165, 1.54) is 5.56 Å². The summed E-state index contributed by atoms with van der Waals surface area (Å²) >= 11 is 0. The van der Waals surface area contributed by atoms with Gasteiger partial charge in [-0.15, -0.1) is 24.0 Å². The molecule has 1 atom stereocenters. The van der Waals surface area contributed by atoms with Gasteiger partial charge in [0.1, 0.15) is 11.9 Å². The fourth-order valence-corrected chi connectivity index (χ4v) is 3.23. The Kier molecular flexibility index (Phi) is 11.4. The molecule has 0 saturated carbocycles. The third-order valence-electron chi connectivity index (χ3n) is 4.85. The summed E-state index contributed by atoms with van der Waals surface area (Å²) < 4.78 is 5.94. The van der Waals surface area contributed by atoms with Crippen molar-refractivity contribution in [2.75, 3.05) is 26.2 Å². The summed E-state index contributed by atoms with van der Waals surface area (Å²) in [4.78, 5) is 18.8. The van der Waals surface area contributed by atoms with Crippen LogP contribution in [0, 0.1) is 12.8 Å². The highest BCUT2D eigenvalue weighted by Gasteiger charge is 2.24. The SMILES string of the molecule is CCNC(=NCC(C)Oc1ccc(C)cc1)NC1CCN(C(=O)C(C)C)CC1.I. The molecule has 2 N–H and O–H groups in total. The number of amides is 1. The van der Waals surface area contributed by atoms with E-state index in [0.29, 0.717) is 12.6 Å². The number of nitrogens with one attached hydrogen (secondary N) is 2. The van der Waals surface area contributed by atoms with E-state index in [4.69, 9.17) is 9.73 Å². The molecule has 0 bridgehead atoms. The van der Waals surface area contributed by atoms with Gasteiger partial charge in [0, 0.05) is 31.6 Å². The van der Waals surface area contributed by atoms with Crippen LogP contribution in [0.5, 0.6) is 5.75 Å². The van der Waals surface area contributed by atoms with Gasteiger partial charge in [0.15, 0.2) is 5.96 Å². The van der Waals surface area contributed by atoms with E-state index in [2.05, 4.69) is 24.5 Å². The number of benzene rings is 1. The Morgan fingerprint density at radius 2 is 1.83 bits per heavy atom. The van der Waals surface area contributed by atoms with Crippen molar-refractivity contribution in [2.45, 2.75) is 59.6 Å². The number of halogens is 1. The van der Waals surface area contributed by atoms with Gasteiger partial charge in [-0.05, 0) is 45.7 Å². The lowest BCUT2D eigenvalue weighted by molar-refractivity contribution is -0.135. The van der Waals surface area contributed by atoms with Crippen LogP contribution in [0.25, 0.3) is 0 Å². The lowest BCUT2D eigenvalue weighted by Gasteiger charge is -2.34. The minimum atomic E-state index is -0.0105. The Bertz CT molecular complexity index is 641. The number of hydrogen-bond acceptors (Lipinski definition) is 3. The van der Waals surface area contributed by atoms with E-state index in [1.54, 1.807) is 0 Å². The maximum Gasteiger partial charge on any atom is 0.225 e. The lowest BCUT2D eigenvalue weighted by Crippen LogP contribution is -2.50. The van der Waals surface area contributed by atoms with E-state index in [0.717, 1.165) is 44.2 Å². The molecule has 2 rings (SSSR count). The molecule has 1 heterocycles. The molecular weight excluding hydrogens is 479 g/mol. The smallest absolute Gasteiger partial charge is 0.225 e. The van der Waals surface area contributed by atoms with Crippen LogP contribution in [-0.2, 0) is 4.79 Å². The molecule has 7 heteroatoms. The van der Waals surface area contributed by atoms with Crippen LogP contribution in [0.2, 0.25) is 0 Å². The van der Waals surface area contributed by atoms with Crippen molar-refractivity contribution in [3.05, 3.63) is 29.8 Å². The van der Waals surface area contributed by atoms with Crippen LogP contribution in [0.15, 0.2) is 29.3 Å². The van der Waals surface area contributed by atoms with Crippen molar-refractivity contribution < 1.29 is 9.53 Å². The van der Waals surface area contributed by atoms with Gasteiger partial charge in [-0.3, -0.25) is 4.79 Å². The van der Waals surface area contributed by atoms with Gasteiger partial charge in [0.25, 0.3) is 0 Å². The summed E-state index contributed by atoms with van der Waals surface area (Å²) in [5.41, 5.74) is 1.22. The normalized spacial score (nSPS) is 16.2. The average Bonchev–Trinajstić information content (AvgIpc) is 2.68. The summed E-state index contributed by atoms with van der Waals surface area (Å²) in [6, 6.07) is 8.42. The molecule has 1 amide bonds. The number of carbonyl (C=O) groups is 1. The van der Waals surface area contributed by atoms with Crippen LogP contribution in [0.1, 0.15) is 46.1 Å². The number of carbonyl (C=O) groups excluding carboxylic acids is 1. The molecule has 0 radical (unpaired) electrons. The molecule has 0 aromatic heterocycles. The average molecular weight is 516 g/mol. The Labute approximate surface area is 192 Å². The third-order valence-corrected chi connectivity index (χ3v) is 4.85. The van der Waals surface area contributed by atoms with Crippen molar-refractivity contribution in [3.8, 4) is 5.75 Å². The number of rotatable bonds is 7. The van der Waals surface area contributed by atoms with Crippen molar-refractivity contribution >= 4 is 35.8 Å². The van der Waals surface area contributed by atoms with E-state index < -0.39 is 0 Å². The summed E-state index contributed by atoms with van der Waals surface area (Å²) in [5.74, 6) is 2.00. The van der Waals surface area contributed by atoms with Crippen LogP contribution in [-0.4, -0.2) is 55.1 Å². The Morgan fingerprint density at radius 1 is 1.21 bits per heavy atom. The second-order valence-corrected chi connectivity index (χ2v) is 7.86. The van der Waals surface area contributed by atoms with Gasteiger partial charge in [-0.25, -0.2) is 4.99 Å². The van der Waals surface area contributed by atoms with E-state index in [1.807, 2.05) is 49.9 Å². The summed E-state index contributed by atoms with van der Waals surface area (Å²) in [6.07, 6.45) is 1.88. The molecule has 29 heavy (non-hydrogen) atoms. The number of piperidine rings is 1. The van der Waals surface area contributed by atoms with Crippen LogP contribution in [0.3, 0.4) is 0 Å². The Morgan fingerprint density at radius 3 is 2.38 bits per heavy atom. The zero-order valence-electron chi connectivity index (χ0n) is 18.4. The molecular formula is C22H37IN4O2. The number of ether oxygens (including phenoxy) is 1. The second kappa shape index (κ2) is 12.9. The minimum absolute atomic E-state index is 0. The van der Waals surface area contributed by atoms with Crippen LogP contribution < -0.4 is 15.4 Å². The molecule has 0 aliphatic carbocycles. The minimum Gasteiger partial charge on any atom is -0.489 e. The fraction of sp³-hybridized carbons (Fsp3) is 0.636. The molecule has 1 aliphatic heterocycles. The van der Waals surface area contributed by atoms with Crippen molar-refractivity contribution in [3.63, 3.8) is 0 Å². The first-order valence-corrected chi connectivity index (χ1v) is 10.5. The summed E-state index contributed by atoms with van der Waals surface area (Å²) in [7, 11) is 0. The van der Waals surface area contributed by atoms with Gasteiger partial charge in [-0.1, -0.05) is 31.5 Å². The zero-order chi connectivity index (χ0) is 20.5. The molecule has 1 saturated heterocycles. The first-order chi connectivity index (χ1) is 13.4. The lowest BCUT2D eigenvalue weighted by atomic mass is 10.0. The molecule has 1 aromatic rings. The third kappa shape index (κ3) is 8.80. The van der Waals surface area contributed by atoms with Crippen molar-refractivity contribution in [1.29, 1.82) is 0 Å². The van der Waals surface area contributed by atoms with Gasteiger partial charge in [0.05, 0.1) is 6.54 Å². The topological polar surface area (TPSA) is 66.0 Å². The van der Waals surface area contributed by atoms with E-state index in [9.17, 15) is 4.79 Å². The highest BCUT2D eigenvalue weighted by Crippen LogP contribution is 2.14.